The Labute approximate surface area is 106 Å². The SMILES string of the molecule is CC(C)[C@@H]1CC[C@@H](C)CC1OC(=O)C(C)(C)C. The highest BCUT2D eigenvalue weighted by Gasteiger charge is 2.35. The van der Waals surface area contributed by atoms with Crippen molar-refractivity contribution in [2.75, 3.05) is 0 Å². The van der Waals surface area contributed by atoms with Crippen molar-refractivity contribution >= 4 is 5.97 Å². The molecule has 0 N–H and O–H groups in total. The van der Waals surface area contributed by atoms with Crippen LogP contribution in [-0.4, -0.2) is 12.1 Å². The minimum atomic E-state index is -0.387. The first-order valence-electron chi connectivity index (χ1n) is 6.93. The highest BCUT2D eigenvalue weighted by Crippen LogP contribution is 2.36. The first-order valence-corrected chi connectivity index (χ1v) is 6.93. The average Bonchev–Trinajstić information content (AvgIpc) is 2.15. The van der Waals surface area contributed by atoms with E-state index in [1.165, 1.54) is 12.8 Å². The normalized spacial score (nSPS) is 30.4. The fraction of sp³-hybridized carbons (Fsp3) is 0.933. The smallest absolute Gasteiger partial charge is 0.311 e. The summed E-state index contributed by atoms with van der Waals surface area (Å²) in [5.74, 6) is 1.77. The van der Waals surface area contributed by atoms with E-state index in [1.54, 1.807) is 0 Å². The fourth-order valence-electron chi connectivity index (χ4n) is 2.56. The van der Waals surface area contributed by atoms with Crippen molar-refractivity contribution in [3.8, 4) is 0 Å². The Kier molecular flexibility index (Phi) is 4.62. The van der Waals surface area contributed by atoms with Gasteiger partial charge in [-0.1, -0.05) is 27.2 Å². The Balaban J connectivity index is 2.67. The zero-order chi connectivity index (χ0) is 13.2. The molecular formula is C15H28O2. The quantitative estimate of drug-likeness (QED) is 0.681. The van der Waals surface area contributed by atoms with Crippen molar-refractivity contribution < 1.29 is 9.53 Å². The molecular weight excluding hydrogens is 212 g/mol. The van der Waals surface area contributed by atoms with Gasteiger partial charge in [-0.05, 0) is 51.4 Å². The lowest BCUT2D eigenvalue weighted by atomic mass is 9.75. The van der Waals surface area contributed by atoms with E-state index in [2.05, 4.69) is 20.8 Å². The summed E-state index contributed by atoms with van der Waals surface area (Å²) in [4.78, 5) is 12.0. The second-order valence-electron chi connectivity index (χ2n) is 7.02. The number of carbonyl (C=O) groups excluding carboxylic acids is 1. The van der Waals surface area contributed by atoms with Gasteiger partial charge in [0.2, 0.25) is 0 Å². The molecule has 2 heteroatoms. The minimum absolute atomic E-state index is 0.0535. The first kappa shape index (κ1) is 14.5. The van der Waals surface area contributed by atoms with Gasteiger partial charge in [0.25, 0.3) is 0 Å². The fourth-order valence-corrected chi connectivity index (χ4v) is 2.56. The summed E-state index contributed by atoms with van der Waals surface area (Å²) in [5.41, 5.74) is -0.387. The maximum atomic E-state index is 12.0. The van der Waals surface area contributed by atoms with Crippen LogP contribution in [0.1, 0.15) is 60.8 Å². The van der Waals surface area contributed by atoms with Gasteiger partial charge in [-0.25, -0.2) is 0 Å². The predicted molar refractivity (Wildman–Crippen MR) is 70.7 cm³/mol. The van der Waals surface area contributed by atoms with Crippen LogP contribution >= 0.6 is 0 Å². The van der Waals surface area contributed by atoms with Crippen molar-refractivity contribution in [3.05, 3.63) is 0 Å². The Morgan fingerprint density at radius 1 is 1.24 bits per heavy atom. The number of carbonyl (C=O) groups is 1. The van der Waals surface area contributed by atoms with Crippen molar-refractivity contribution in [2.45, 2.75) is 66.9 Å². The number of hydrogen-bond acceptors (Lipinski definition) is 2. The van der Waals surface area contributed by atoms with Gasteiger partial charge in [-0.2, -0.15) is 0 Å². The van der Waals surface area contributed by atoms with Crippen LogP contribution < -0.4 is 0 Å². The van der Waals surface area contributed by atoms with Crippen molar-refractivity contribution in [3.63, 3.8) is 0 Å². The molecule has 1 saturated carbocycles. The van der Waals surface area contributed by atoms with Gasteiger partial charge < -0.3 is 4.74 Å². The van der Waals surface area contributed by atoms with E-state index in [4.69, 9.17) is 4.74 Å². The van der Waals surface area contributed by atoms with Crippen LogP contribution in [0.15, 0.2) is 0 Å². The Morgan fingerprint density at radius 2 is 1.82 bits per heavy atom. The van der Waals surface area contributed by atoms with Gasteiger partial charge in [0.05, 0.1) is 5.41 Å². The van der Waals surface area contributed by atoms with Gasteiger partial charge >= 0.3 is 5.97 Å². The van der Waals surface area contributed by atoms with Gasteiger partial charge in [-0.3, -0.25) is 4.79 Å². The highest BCUT2D eigenvalue weighted by molar-refractivity contribution is 5.75. The molecule has 2 nitrogen and oxygen atoms in total. The van der Waals surface area contributed by atoms with Crippen LogP contribution in [0.4, 0.5) is 0 Å². The third-order valence-corrected chi connectivity index (χ3v) is 3.83. The molecule has 0 saturated heterocycles. The lowest BCUT2D eigenvalue weighted by Crippen LogP contribution is -2.38. The Hall–Kier alpha value is -0.530. The van der Waals surface area contributed by atoms with E-state index in [0.29, 0.717) is 17.8 Å². The van der Waals surface area contributed by atoms with E-state index >= 15 is 0 Å². The molecule has 17 heavy (non-hydrogen) atoms. The van der Waals surface area contributed by atoms with Crippen LogP contribution in [0.2, 0.25) is 0 Å². The van der Waals surface area contributed by atoms with Crippen LogP contribution in [-0.2, 0) is 9.53 Å². The maximum absolute atomic E-state index is 12.0. The number of hydrogen-bond donors (Lipinski definition) is 0. The zero-order valence-corrected chi connectivity index (χ0v) is 12.2. The van der Waals surface area contributed by atoms with Gasteiger partial charge in [0, 0.05) is 0 Å². The first-order chi connectivity index (χ1) is 7.71. The second kappa shape index (κ2) is 5.41. The Morgan fingerprint density at radius 3 is 2.29 bits per heavy atom. The topological polar surface area (TPSA) is 26.3 Å². The molecule has 0 heterocycles. The van der Waals surface area contributed by atoms with E-state index in [9.17, 15) is 4.79 Å². The van der Waals surface area contributed by atoms with Crippen LogP contribution in [0.3, 0.4) is 0 Å². The third-order valence-electron chi connectivity index (χ3n) is 3.83. The van der Waals surface area contributed by atoms with Crippen molar-refractivity contribution in [1.29, 1.82) is 0 Å². The lowest BCUT2D eigenvalue weighted by Gasteiger charge is -2.37. The minimum Gasteiger partial charge on any atom is -0.462 e. The number of ether oxygens (including phenoxy) is 1. The molecule has 0 spiro atoms. The molecule has 0 aromatic heterocycles. The number of esters is 1. The molecule has 1 fully saturated rings. The molecule has 0 aromatic carbocycles. The molecule has 1 aliphatic rings. The van der Waals surface area contributed by atoms with Crippen LogP contribution in [0.5, 0.6) is 0 Å². The van der Waals surface area contributed by atoms with E-state index in [1.807, 2.05) is 20.8 Å². The molecule has 1 aliphatic carbocycles. The molecule has 3 atom stereocenters. The molecule has 0 aromatic rings. The monoisotopic (exact) mass is 240 g/mol. The summed E-state index contributed by atoms with van der Waals surface area (Å²) in [7, 11) is 0. The van der Waals surface area contributed by atoms with Crippen molar-refractivity contribution in [2.24, 2.45) is 23.2 Å². The summed E-state index contributed by atoms with van der Waals surface area (Å²) < 4.78 is 5.76. The van der Waals surface area contributed by atoms with Crippen LogP contribution in [0, 0.1) is 23.2 Å². The molecule has 100 valence electrons. The number of rotatable bonds is 2. The molecule has 0 amide bonds. The standard InChI is InChI=1S/C15H28O2/c1-10(2)12-8-7-11(3)9-13(12)17-14(16)15(4,5)6/h10-13H,7-9H2,1-6H3/t11-,12+,13?/m1/s1. The third kappa shape index (κ3) is 4.01. The molecule has 0 aliphatic heterocycles. The molecule has 1 unspecified atom stereocenters. The summed E-state index contributed by atoms with van der Waals surface area (Å²) in [6.07, 6.45) is 3.63. The Bertz CT molecular complexity index is 263. The van der Waals surface area contributed by atoms with Gasteiger partial charge in [-0.15, -0.1) is 0 Å². The largest absolute Gasteiger partial charge is 0.462 e. The molecule has 0 bridgehead atoms. The lowest BCUT2D eigenvalue weighted by molar-refractivity contribution is -0.165. The van der Waals surface area contributed by atoms with E-state index < -0.39 is 0 Å². The summed E-state index contributed by atoms with van der Waals surface area (Å²) in [6, 6.07) is 0. The zero-order valence-electron chi connectivity index (χ0n) is 12.2. The predicted octanol–water partition coefficient (Wildman–Crippen LogP) is 4.04. The summed E-state index contributed by atoms with van der Waals surface area (Å²) in [5, 5.41) is 0. The molecule has 1 rings (SSSR count). The maximum Gasteiger partial charge on any atom is 0.311 e. The van der Waals surface area contributed by atoms with Crippen molar-refractivity contribution in [1.82, 2.24) is 0 Å². The average molecular weight is 240 g/mol. The van der Waals surface area contributed by atoms with E-state index in [0.717, 1.165) is 6.42 Å². The second-order valence-corrected chi connectivity index (χ2v) is 7.02. The summed E-state index contributed by atoms with van der Waals surface area (Å²) >= 11 is 0. The van der Waals surface area contributed by atoms with Crippen LogP contribution in [0.25, 0.3) is 0 Å². The summed E-state index contributed by atoms with van der Waals surface area (Å²) in [6.45, 7) is 12.5. The van der Waals surface area contributed by atoms with E-state index in [-0.39, 0.29) is 17.5 Å². The molecule has 0 radical (unpaired) electrons. The van der Waals surface area contributed by atoms with Gasteiger partial charge in [0.15, 0.2) is 0 Å². The highest BCUT2D eigenvalue weighted by atomic mass is 16.5. The van der Waals surface area contributed by atoms with Gasteiger partial charge in [0.1, 0.15) is 6.10 Å².